The molecular formula is C15H13F3N2O2. The molecule has 2 aliphatic rings. The number of amides is 2. The van der Waals surface area contributed by atoms with Gasteiger partial charge in [-0.05, 0) is 24.1 Å². The predicted molar refractivity (Wildman–Crippen MR) is 75.5 cm³/mol. The molecule has 4 nitrogen and oxygen atoms in total. The summed E-state index contributed by atoms with van der Waals surface area (Å²) in [5, 5.41) is 2.71. The van der Waals surface area contributed by atoms with E-state index in [1.165, 1.54) is 6.08 Å². The SMILES string of the molecule is Cc1cc2c(c3c1N(C=O)C(CC(F)(F)F)C=C3)CC(=O)N2. The maximum Gasteiger partial charge on any atom is 0.391 e. The molecule has 2 aliphatic heterocycles. The Morgan fingerprint density at radius 3 is 2.82 bits per heavy atom. The fourth-order valence-corrected chi connectivity index (χ4v) is 3.05. The van der Waals surface area contributed by atoms with Crippen molar-refractivity contribution in [2.75, 3.05) is 10.2 Å². The van der Waals surface area contributed by atoms with Crippen LogP contribution in [0.1, 0.15) is 23.1 Å². The number of anilines is 2. The fourth-order valence-electron chi connectivity index (χ4n) is 3.05. The van der Waals surface area contributed by atoms with Crippen LogP contribution in [0.3, 0.4) is 0 Å². The number of hydrogen-bond acceptors (Lipinski definition) is 2. The van der Waals surface area contributed by atoms with Gasteiger partial charge in [0, 0.05) is 11.3 Å². The zero-order valence-electron chi connectivity index (χ0n) is 11.7. The molecule has 1 aromatic rings. The molecule has 1 atom stereocenters. The third kappa shape index (κ3) is 2.36. The molecule has 116 valence electrons. The van der Waals surface area contributed by atoms with E-state index < -0.39 is 18.6 Å². The minimum Gasteiger partial charge on any atom is -0.325 e. The summed E-state index contributed by atoms with van der Waals surface area (Å²) in [6, 6.07) is 0.631. The molecule has 0 spiro atoms. The van der Waals surface area contributed by atoms with Gasteiger partial charge in [-0.3, -0.25) is 9.59 Å². The van der Waals surface area contributed by atoms with Crippen molar-refractivity contribution in [1.29, 1.82) is 0 Å². The first-order valence-corrected chi connectivity index (χ1v) is 6.75. The summed E-state index contributed by atoms with van der Waals surface area (Å²) < 4.78 is 38.0. The number of halogens is 3. The van der Waals surface area contributed by atoms with Crippen molar-refractivity contribution >= 4 is 29.8 Å². The highest BCUT2D eigenvalue weighted by Gasteiger charge is 2.37. The van der Waals surface area contributed by atoms with E-state index in [1.807, 2.05) is 0 Å². The molecule has 22 heavy (non-hydrogen) atoms. The highest BCUT2D eigenvalue weighted by Crippen LogP contribution is 2.41. The number of aryl methyl sites for hydroxylation is 1. The van der Waals surface area contributed by atoms with E-state index in [1.54, 1.807) is 19.1 Å². The van der Waals surface area contributed by atoms with Gasteiger partial charge in [0.05, 0.1) is 24.6 Å². The number of nitrogens with zero attached hydrogens (tertiary/aromatic N) is 1. The molecule has 0 radical (unpaired) electrons. The van der Waals surface area contributed by atoms with Crippen LogP contribution >= 0.6 is 0 Å². The summed E-state index contributed by atoms with van der Waals surface area (Å²) in [6.45, 7) is 1.71. The van der Waals surface area contributed by atoms with Gasteiger partial charge >= 0.3 is 6.18 Å². The Morgan fingerprint density at radius 2 is 2.18 bits per heavy atom. The molecule has 1 N–H and O–H groups in total. The van der Waals surface area contributed by atoms with Gasteiger partial charge in [0.2, 0.25) is 12.3 Å². The van der Waals surface area contributed by atoms with Gasteiger partial charge in [-0.15, -0.1) is 0 Å². The number of fused-ring (bicyclic) bond motifs is 3. The lowest BCUT2D eigenvalue weighted by atomic mass is 9.93. The second kappa shape index (κ2) is 4.86. The normalized spacial score (nSPS) is 19.7. The van der Waals surface area contributed by atoms with E-state index in [0.717, 1.165) is 10.5 Å². The summed E-state index contributed by atoms with van der Waals surface area (Å²) in [6.07, 6.45) is -1.93. The number of carbonyl (C=O) groups excluding carboxylic acids is 2. The molecule has 0 saturated carbocycles. The standard InChI is InChI=1S/C15H13F3N2O2/c1-8-4-12-11(5-13(22)19-12)10-3-2-9(6-15(16,17)18)20(7-21)14(8)10/h2-4,7,9H,5-6H2,1H3,(H,19,22). The molecule has 7 heteroatoms. The highest BCUT2D eigenvalue weighted by molar-refractivity contribution is 6.03. The molecule has 2 amide bonds. The minimum atomic E-state index is -4.37. The van der Waals surface area contributed by atoms with E-state index in [0.29, 0.717) is 28.9 Å². The van der Waals surface area contributed by atoms with Crippen LogP contribution in [0.15, 0.2) is 12.1 Å². The van der Waals surface area contributed by atoms with E-state index in [4.69, 9.17) is 0 Å². The Balaban J connectivity index is 2.09. The molecule has 0 aliphatic carbocycles. The first-order chi connectivity index (χ1) is 10.3. The molecule has 0 saturated heterocycles. The van der Waals surface area contributed by atoms with Gasteiger partial charge in [0.1, 0.15) is 0 Å². The number of hydrogen-bond donors (Lipinski definition) is 1. The molecule has 2 heterocycles. The third-order valence-electron chi connectivity index (χ3n) is 3.91. The second-order valence-electron chi connectivity index (χ2n) is 5.47. The summed E-state index contributed by atoms with van der Waals surface area (Å²) in [5.41, 5.74) is 3.12. The van der Waals surface area contributed by atoms with E-state index in [-0.39, 0.29) is 12.3 Å². The van der Waals surface area contributed by atoms with Crippen LogP contribution in [0, 0.1) is 6.92 Å². The lowest BCUT2D eigenvalue weighted by Gasteiger charge is -2.33. The first kappa shape index (κ1) is 14.6. The van der Waals surface area contributed by atoms with Gasteiger partial charge in [-0.1, -0.05) is 12.2 Å². The number of benzene rings is 1. The van der Waals surface area contributed by atoms with Crippen molar-refractivity contribution < 1.29 is 22.8 Å². The van der Waals surface area contributed by atoms with Crippen LogP contribution in [0.4, 0.5) is 24.5 Å². The maximum absolute atomic E-state index is 12.7. The molecule has 1 unspecified atom stereocenters. The number of rotatable bonds is 2. The lowest BCUT2D eigenvalue weighted by molar-refractivity contribution is -0.136. The van der Waals surface area contributed by atoms with Crippen molar-refractivity contribution in [2.45, 2.75) is 32.0 Å². The Kier molecular flexibility index (Phi) is 3.23. The second-order valence-corrected chi connectivity index (χ2v) is 5.47. The summed E-state index contributed by atoms with van der Waals surface area (Å²) in [7, 11) is 0. The summed E-state index contributed by atoms with van der Waals surface area (Å²) >= 11 is 0. The van der Waals surface area contributed by atoms with Crippen molar-refractivity contribution in [1.82, 2.24) is 0 Å². The highest BCUT2D eigenvalue weighted by atomic mass is 19.4. The Morgan fingerprint density at radius 1 is 1.45 bits per heavy atom. The fraction of sp³-hybridized carbons (Fsp3) is 0.333. The van der Waals surface area contributed by atoms with Crippen LogP contribution in [0.25, 0.3) is 6.08 Å². The topological polar surface area (TPSA) is 49.4 Å². The largest absolute Gasteiger partial charge is 0.391 e. The zero-order chi connectivity index (χ0) is 16.1. The van der Waals surface area contributed by atoms with E-state index >= 15 is 0 Å². The summed E-state index contributed by atoms with van der Waals surface area (Å²) in [4.78, 5) is 24.0. The molecule has 0 aromatic heterocycles. The minimum absolute atomic E-state index is 0.161. The number of nitrogens with one attached hydrogen (secondary N) is 1. The van der Waals surface area contributed by atoms with Crippen molar-refractivity contribution in [2.24, 2.45) is 0 Å². The lowest BCUT2D eigenvalue weighted by Crippen LogP contribution is -2.39. The van der Waals surface area contributed by atoms with Crippen LogP contribution in [0.2, 0.25) is 0 Å². The van der Waals surface area contributed by atoms with Crippen molar-refractivity contribution in [3.05, 3.63) is 28.8 Å². The van der Waals surface area contributed by atoms with Crippen LogP contribution in [-0.2, 0) is 16.0 Å². The quantitative estimate of drug-likeness (QED) is 0.854. The smallest absolute Gasteiger partial charge is 0.325 e. The first-order valence-electron chi connectivity index (χ1n) is 6.75. The Bertz CT molecular complexity index is 695. The van der Waals surface area contributed by atoms with Gasteiger partial charge < -0.3 is 10.2 Å². The van der Waals surface area contributed by atoms with Crippen LogP contribution in [-0.4, -0.2) is 24.5 Å². The van der Waals surface area contributed by atoms with Crippen LogP contribution < -0.4 is 10.2 Å². The van der Waals surface area contributed by atoms with Crippen LogP contribution in [0.5, 0.6) is 0 Å². The van der Waals surface area contributed by atoms with Gasteiger partial charge in [-0.25, -0.2) is 0 Å². The molecular weight excluding hydrogens is 297 g/mol. The average molecular weight is 310 g/mol. The number of carbonyl (C=O) groups is 2. The number of alkyl halides is 3. The van der Waals surface area contributed by atoms with Gasteiger partial charge in [0.25, 0.3) is 0 Å². The van der Waals surface area contributed by atoms with E-state index in [9.17, 15) is 22.8 Å². The molecule has 1 aromatic carbocycles. The van der Waals surface area contributed by atoms with Crippen molar-refractivity contribution in [3.63, 3.8) is 0 Å². The monoisotopic (exact) mass is 310 g/mol. The summed E-state index contributed by atoms with van der Waals surface area (Å²) in [5.74, 6) is -0.161. The predicted octanol–water partition coefficient (Wildman–Crippen LogP) is 2.80. The van der Waals surface area contributed by atoms with E-state index in [2.05, 4.69) is 5.32 Å². The zero-order valence-corrected chi connectivity index (χ0v) is 11.7. The Hall–Kier alpha value is -2.31. The third-order valence-corrected chi connectivity index (χ3v) is 3.91. The molecule has 3 rings (SSSR count). The van der Waals surface area contributed by atoms with Crippen molar-refractivity contribution in [3.8, 4) is 0 Å². The van der Waals surface area contributed by atoms with Gasteiger partial charge in [-0.2, -0.15) is 13.2 Å². The average Bonchev–Trinajstić information content (AvgIpc) is 2.77. The molecule has 0 bridgehead atoms. The molecule has 0 fully saturated rings. The van der Waals surface area contributed by atoms with Gasteiger partial charge in [0.15, 0.2) is 0 Å². The Labute approximate surface area is 124 Å². The maximum atomic E-state index is 12.7.